The van der Waals surface area contributed by atoms with Crippen molar-refractivity contribution in [1.29, 1.82) is 10.8 Å². The number of nitrogens with zero attached hydrogens (tertiary/aromatic N) is 2. The van der Waals surface area contributed by atoms with E-state index in [0.29, 0.717) is 5.71 Å². The maximum Gasteiger partial charge on any atom is 0.206 e. The quantitative estimate of drug-likeness (QED) is 0.515. The molecule has 150 valence electrons. The standard InChI is InChI=1S/C21H29N5OS/c1-20(2)10-15(11-21(3,4)25-20)27-19(23)9-6-16(22)18-8-7-17(28-18)14-12-24-26(5)13-14/h6-9,12-13,15,22-23,25H,10-11H2,1-5H3/b9-6-,22-16?,23-19?. The van der Waals surface area contributed by atoms with E-state index >= 15 is 0 Å². The predicted octanol–water partition coefficient (Wildman–Crippen LogP) is 4.38. The van der Waals surface area contributed by atoms with Gasteiger partial charge in [-0.25, -0.2) is 0 Å². The van der Waals surface area contributed by atoms with Crippen LogP contribution in [0.2, 0.25) is 0 Å². The Labute approximate surface area is 170 Å². The van der Waals surface area contributed by atoms with Gasteiger partial charge in [0.2, 0.25) is 5.90 Å². The minimum Gasteiger partial charge on any atom is -0.475 e. The first-order chi connectivity index (χ1) is 13.0. The van der Waals surface area contributed by atoms with E-state index in [2.05, 4.69) is 38.1 Å². The molecule has 6 nitrogen and oxygen atoms in total. The Morgan fingerprint density at radius 1 is 1.21 bits per heavy atom. The molecule has 3 heterocycles. The van der Waals surface area contributed by atoms with Crippen molar-refractivity contribution in [3.63, 3.8) is 0 Å². The third-order valence-corrected chi connectivity index (χ3v) is 5.88. The summed E-state index contributed by atoms with van der Waals surface area (Å²) in [6.45, 7) is 8.65. The van der Waals surface area contributed by atoms with Gasteiger partial charge in [0.15, 0.2) is 0 Å². The molecule has 0 spiro atoms. The molecule has 0 bridgehead atoms. The third-order valence-electron chi connectivity index (χ3n) is 4.71. The van der Waals surface area contributed by atoms with Gasteiger partial charge in [-0.3, -0.25) is 15.5 Å². The number of piperidine rings is 1. The molecule has 2 aromatic rings. The highest BCUT2D eigenvalue weighted by molar-refractivity contribution is 7.17. The molecule has 1 aliphatic rings. The second-order valence-electron chi connectivity index (χ2n) is 8.72. The Hall–Kier alpha value is -2.25. The van der Waals surface area contributed by atoms with Crippen LogP contribution in [-0.2, 0) is 11.8 Å². The van der Waals surface area contributed by atoms with Crippen molar-refractivity contribution >= 4 is 22.9 Å². The van der Waals surface area contributed by atoms with E-state index in [-0.39, 0.29) is 23.1 Å². The number of allylic oxidation sites excluding steroid dienone is 1. The van der Waals surface area contributed by atoms with Crippen LogP contribution < -0.4 is 5.32 Å². The Morgan fingerprint density at radius 2 is 1.89 bits per heavy atom. The van der Waals surface area contributed by atoms with Crippen molar-refractivity contribution in [2.45, 2.75) is 57.7 Å². The molecule has 3 N–H and O–H groups in total. The first-order valence-electron chi connectivity index (χ1n) is 9.43. The van der Waals surface area contributed by atoms with Gasteiger partial charge in [0.25, 0.3) is 0 Å². The molecule has 0 atom stereocenters. The molecular weight excluding hydrogens is 370 g/mol. The lowest BCUT2D eigenvalue weighted by Crippen LogP contribution is -2.59. The first kappa shape index (κ1) is 20.5. The van der Waals surface area contributed by atoms with Gasteiger partial charge in [-0.15, -0.1) is 11.3 Å². The van der Waals surface area contributed by atoms with Gasteiger partial charge in [-0.05, 0) is 45.9 Å². The summed E-state index contributed by atoms with van der Waals surface area (Å²) < 4.78 is 7.64. The maximum absolute atomic E-state index is 8.29. The van der Waals surface area contributed by atoms with Gasteiger partial charge in [-0.1, -0.05) is 0 Å². The van der Waals surface area contributed by atoms with Crippen LogP contribution in [0, 0.1) is 10.8 Å². The van der Waals surface area contributed by atoms with Crippen molar-refractivity contribution in [3.8, 4) is 10.4 Å². The average molecular weight is 400 g/mol. The Kier molecular flexibility index (Phi) is 5.59. The van der Waals surface area contributed by atoms with Crippen molar-refractivity contribution in [2.75, 3.05) is 0 Å². The Balaban J connectivity index is 1.60. The Morgan fingerprint density at radius 3 is 2.50 bits per heavy atom. The summed E-state index contributed by atoms with van der Waals surface area (Å²) in [7, 11) is 1.89. The summed E-state index contributed by atoms with van der Waals surface area (Å²) in [5, 5.41) is 24.2. The average Bonchev–Trinajstić information content (AvgIpc) is 3.18. The zero-order valence-corrected chi connectivity index (χ0v) is 18.0. The van der Waals surface area contributed by atoms with Crippen LogP contribution in [0.15, 0.2) is 36.7 Å². The summed E-state index contributed by atoms with van der Waals surface area (Å²) in [6, 6.07) is 3.93. The molecule has 1 aliphatic heterocycles. The van der Waals surface area contributed by atoms with Crippen LogP contribution >= 0.6 is 11.3 Å². The van der Waals surface area contributed by atoms with E-state index < -0.39 is 0 Å². The summed E-state index contributed by atoms with van der Waals surface area (Å²) in [5.41, 5.74) is 1.37. The number of aromatic nitrogens is 2. The first-order valence-corrected chi connectivity index (χ1v) is 10.3. The van der Waals surface area contributed by atoms with Gasteiger partial charge >= 0.3 is 0 Å². The fourth-order valence-corrected chi connectivity index (χ4v) is 4.87. The van der Waals surface area contributed by atoms with Crippen molar-refractivity contribution < 1.29 is 4.74 Å². The monoisotopic (exact) mass is 399 g/mol. The van der Waals surface area contributed by atoms with Crippen molar-refractivity contribution in [3.05, 3.63) is 41.6 Å². The molecule has 2 aromatic heterocycles. The second-order valence-corrected chi connectivity index (χ2v) is 9.80. The van der Waals surface area contributed by atoms with Crippen LogP contribution in [-0.4, -0.2) is 38.6 Å². The molecule has 0 unspecified atom stereocenters. The van der Waals surface area contributed by atoms with Gasteiger partial charge in [0, 0.05) is 53.7 Å². The minimum atomic E-state index is -0.0250. The number of nitrogens with one attached hydrogen (secondary N) is 3. The molecule has 0 aliphatic carbocycles. The number of aryl methyl sites for hydroxylation is 1. The van der Waals surface area contributed by atoms with E-state index in [1.807, 2.05) is 31.6 Å². The lowest BCUT2D eigenvalue weighted by molar-refractivity contribution is 0.0485. The number of thiophene rings is 1. The smallest absolute Gasteiger partial charge is 0.206 e. The molecule has 28 heavy (non-hydrogen) atoms. The summed E-state index contributed by atoms with van der Waals surface area (Å²) >= 11 is 1.55. The number of rotatable bonds is 5. The highest BCUT2D eigenvalue weighted by Crippen LogP contribution is 2.31. The second kappa shape index (κ2) is 7.64. The highest BCUT2D eigenvalue weighted by atomic mass is 32.1. The van der Waals surface area contributed by atoms with Gasteiger partial charge in [0.05, 0.1) is 16.8 Å². The number of hydrogen-bond donors (Lipinski definition) is 3. The zero-order valence-electron chi connectivity index (χ0n) is 17.2. The van der Waals surface area contributed by atoms with Crippen LogP contribution in [0.25, 0.3) is 10.4 Å². The molecular formula is C21H29N5OS. The fraction of sp³-hybridized carbons (Fsp3) is 0.476. The Bertz CT molecular complexity index is 890. The lowest BCUT2D eigenvalue weighted by atomic mass is 9.81. The van der Waals surface area contributed by atoms with Crippen LogP contribution in [0.1, 0.15) is 45.4 Å². The maximum atomic E-state index is 8.29. The van der Waals surface area contributed by atoms with E-state index in [4.69, 9.17) is 15.6 Å². The predicted molar refractivity (Wildman–Crippen MR) is 116 cm³/mol. The van der Waals surface area contributed by atoms with Crippen molar-refractivity contribution in [1.82, 2.24) is 15.1 Å². The van der Waals surface area contributed by atoms with E-state index in [9.17, 15) is 0 Å². The molecule has 0 radical (unpaired) electrons. The summed E-state index contributed by atoms with van der Waals surface area (Å²) in [4.78, 5) is 1.93. The molecule has 3 rings (SSSR count). The van der Waals surface area contributed by atoms with E-state index in [1.54, 1.807) is 28.2 Å². The zero-order chi connectivity index (χ0) is 20.5. The molecule has 1 saturated heterocycles. The molecule has 7 heteroatoms. The van der Waals surface area contributed by atoms with Crippen LogP contribution in [0.3, 0.4) is 0 Å². The van der Waals surface area contributed by atoms with Gasteiger partial charge in [-0.2, -0.15) is 5.10 Å². The highest BCUT2D eigenvalue weighted by Gasteiger charge is 2.38. The molecule has 0 aromatic carbocycles. The normalized spacial score (nSPS) is 19.0. The van der Waals surface area contributed by atoms with Crippen LogP contribution in [0.4, 0.5) is 0 Å². The molecule has 1 fully saturated rings. The van der Waals surface area contributed by atoms with E-state index in [1.165, 1.54) is 0 Å². The van der Waals surface area contributed by atoms with Crippen molar-refractivity contribution in [2.24, 2.45) is 7.05 Å². The van der Waals surface area contributed by atoms with Gasteiger partial charge in [0.1, 0.15) is 6.10 Å². The minimum absolute atomic E-state index is 0.00324. The molecule has 0 amide bonds. The van der Waals surface area contributed by atoms with Gasteiger partial charge < -0.3 is 10.1 Å². The fourth-order valence-electron chi connectivity index (χ4n) is 3.96. The SMILES string of the molecule is Cn1cc(-c2ccc(C(=N)/C=C\C(=N)OC3CC(C)(C)NC(C)(C)C3)s2)cn1. The lowest BCUT2D eigenvalue weighted by Gasteiger charge is -2.46. The van der Waals surface area contributed by atoms with E-state index in [0.717, 1.165) is 28.2 Å². The summed E-state index contributed by atoms with van der Waals surface area (Å²) in [5.74, 6) is 0.104. The number of ether oxygens (including phenoxy) is 1. The topological polar surface area (TPSA) is 86.8 Å². The number of hydrogen-bond acceptors (Lipinski definition) is 6. The van der Waals surface area contributed by atoms with Crippen LogP contribution in [0.5, 0.6) is 0 Å². The largest absolute Gasteiger partial charge is 0.475 e. The third kappa shape index (κ3) is 5.17. The molecule has 0 saturated carbocycles. The summed E-state index contributed by atoms with van der Waals surface area (Å²) in [6.07, 6.45) is 8.69.